The van der Waals surface area contributed by atoms with Crippen molar-refractivity contribution in [2.75, 3.05) is 0 Å². The molecule has 1 fully saturated rings. The van der Waals surface area contributed by atoms with Gasteiger partial charge >= 0.3 is 12.1 Å². The van der Waals surface area contributed by atoms with Crippen molar-refractivity contribution in [2.24, 2.45) is 0 Å². The molecule has 2 heterocycles. The summed E-state index contributed by atoms with van der Waals surface area (Å²) in [5, 5.41) is 20.6. The summed E-state index contributed by atoms with van der Waals surface area (Å²) in [5.41, 5.74) is 1.70. The van der Waals surface area contributed by atoms with Gasteiger partial charge in [0, 0.05) is 12.1 Å². The summed E-state index contributed by atoms with van der Waals surface area (Å²) in [6, 6.07) is 13.1. The highest BCUT2D eigenvalue weighted by Crippen LogP contribution is 2.41. The Hall–Kier alpha value is -3.68. The van der Waals surface area contributed by atoms with E-state index in [2.05, 4.69) is 0 Å². The van der Waals surface area contributed by atoms with E-state index in [0.29, 0.717) is 12.0 Å². The fourth-order valence-electron chi connectivity index (χ4n) is 4.20. The van der Waals surface area contributed by atoms with E-state index in [1.165, 1.54) is 12.1 Å². The number of nitro benzene ring substituents is 1. The Morgan fingerprint density at radius 2 is 1.93 bits per heavy atom. The number of aromatic carboxylic acids is 1. The number of rotatable bonds is 5. The fraction of sp³-hybridized carbons (Fsp3) is 0.273. The number of carbonyl (C=O) groups excluding carboxylic acids is 1. The molecule has 0 aromatic heterocycles. The zero-order chi connectivity index (χ0) is 21.3. The summed E-state index contributed by atoms with van der Waals surface area (Å²) in [5.74, 6) is -1.21. The minimum Gasteiger partial charge on any atom is -0.478 e. The highest BCUT2D eigenvalue weighted by molar-refractivity contribution is 5.90. The molecule has 8 nitrogen and oxygen atoms in total. The summed E-state index contributed by atoms with van der Waals surface area (Å²) in [4.78, 5) is 36.5. The molecule has 4 rings (SSSR count). The lowest BCUT2D eigenvalue weighted by atomic mass is 9.93. The monoisotopic (exact) mass is 408 g/mol. The van der Waals surface area contributed by atoms with Crippen molar-refractivity contribution >= 4 is 23.3 Å². The largest absolute Gasteiger partial charge is 0.478 e. The van der Waals surface area contributed by atoms with Gasteiger partial charge in [-0.25, -0.2) is 9.59 Å². The van der Waals surface area contributed by atoms with E-state index in [1.54, 1.807) is 4.90 Å². The van der Waals surface area contributed by atoms with E-state index >= 15 is 0 Å². The van der Waals surface area contributed by atoms with Crippen LogP contribution in [0.25, 0.3) is 5.57 Å². The molecule has 2 atom stereocenters. The van der Waals surface area contributed by atoms with Gasteiger partial charge in [-0.3, -0.25) is 15.0 Å². The van der Waals surface area contributed by atoms with Crippen LogP contribution in [0.5, 0.6) is 0 Å². The topological polar surface area (TPSA) is 110 Å². The van der Waals surface area contributed by atoms with Crippen molar-refractivity contribution in [1.82, 2.24) is 4.90 Å². The van der Waals surface area contributed by atoms with E-state index < -0.39 is 17.0 Å². The highest BCUT2D eigenvalue weighted by atomic mass is 16.6. The van der Waals surface area contributed by atoms with E-state index in [9.17, 15) is 19.7 Å². The second kappa shape index (κ2) is 7.98. The SMILES string of the molecule is O=C(O)c1ccc(C2=CC3CCC(C2)N3C(=O)OCc2ccccc2)c([N+](=O)[O-])c1. The Balaban J connectivity index is 1.55. The maximum atomic E-state index is 12.7. The van der Waals surface area contributed by atoms with Crippen LogP contribution in [0, 0.1) is 10.1 Å². The lowest BCUT2D eigenvalue weighted by Gasteiger charge is -2.33. The van der Waals surface area contributed by atoms with Crippen LogP contribution in [0.4, 0.5) is 10.5 Å². The maximum Gasteiger partial charge on any atom is 0.410 e. The first kappa shape index (κ1) is 19.6. The number of hydrogen-bond acceptors (Lipinski definition) is 5. The summed E-state index contributed by atoms with van der Waals surface area (Å²) in [7, 11) is 0. The van der Waals surface area contributed by atoms with Gasteiger partial charge in [-0.15, -0.1) is 0 Å². The van der Waals surface area contributed by atoms with Crippen LogP contribution < -0.4 is 0 Å². The van der Waals surface area contributed by atoms with Crippen LogP contribution in [-0.4, -0.2) is 39.1 Å². The molecular formula is C22H20N2O6. The van der Waals surface area contributed by atoms with Crippen molar-refractivity contribution in [1.29, 1.82) is 0 Å². The van der Waals surface area contributed by atoms with Gasteiger partial charge < -0.3 is 9.84 Å². The second-order valence-corrected chi connectivity index (χ2v) is 7.44. The molecule has 2 aromatic carbocycles. The number of fused-ring (bicyclic) bond motifs is 2. The predicted octanol–water partition coefficient (Wildman–Crippen LogP) is 4.25. The maximum absolute atomic E-state index is 12.7. The smallest absolute Gasteiger partial charge is 0.410 e. The molecular weight excluding hydrogens is 388 g/mol. The number of ether oxygens (including phenoxy) is 1. The van der Waals surface area contributed by atoms with E-state index in [0.717, 1.165) is 30.0 Å². The van der Waals surface area contributed by atoms with Gasteiger partial charge in [0.1, 0.15) is 6.61 Å². The van der Waals surface area contributed by atoms with Gasteiger partial charge in [-0.2, -0.15) is 0 Å². The van der Waals surface area contributed by atoms with E-state index in [4.69, 9.17) is 9.84 Å². The van der Waals surface area contributed by atoms with Gasteiger partial charge in [-0.1, -0.05) is 36.4 Å². The van der Waals surface area contributed by atoms with Crippen LogP contribution >= 0.6 is 0 Å². The average Bonchev–Trinajstić information content (AvgIpc) is 3.01. The first-order chi connectivity index (χ1) is 14.4. The molecule has 2 aliphatic rings. The molecule has 2 aromatic rings. The van der Waals surface area contributed by atoms with Crippen LogP contribution in [-0.2, 0) is 11.3 Å². The molecule has 1 saturated heterocycles. The minimum atomic E-state index is -1.21. The van der Waals surface area contributed by atoms with Crippen LogP contribution in [0.15, 0.2) is 54.6 Å². The van der Waals surface area contributed by atoms with Crippen molar-refractivity contribution in [2.45, 2.75) is 38.0 Å². The second-order valence-electron chi connectivity index (χ2n) is 7.44. The average molecular weight is 408 g/mol. The number of carboxylic acids is 1. The zero-order valence-corrected chi connectivity index (χ0v) is 16.1. The number of carboxylic acid groups (broad SMARTS) is 1. The number of hydrogen-bond donors (Lipinski definition) is 1. The number of nitro groups is 1. The van der Waals surface area contributed by atoms with Gasteiger partial charge in [0.2, 0.25) is 0 Å². The normalized spacial score (nSPS) is 19.9. The first-order valence-corrected chi connectivity index (χ1v) is 9.66. The standard InChI is InChI=1S/C22H20N2O6/c25-21(26)15-6-9-19(20(12-15)24(28)29)16-10-17-7-8-18(11-16)23(17)22(27)30-13-14-4-2-1-3-5-14/h1-6,9-10,12,17-18H,7-8,11,13H2,(H,25,26). The van der Waals surface area contributed by atoms with Gasteiger partial charge in [0.05, 0.1) is 22.1 Å². The minimum absolute atomic E-state index is 0.1000. The number of benzene rings is 2. The Kier molecular flexibility index (Phi) is 5.22. The Morgan fingerprint density at radius 1 is 1.17 bits per heavy atom. The van der Waals surface area contributed by atoms with E-state index in [1.807, 2.05) is 36.4 Å². The van der Waals surface area contributed by atoms with Gasteiger partial charge in [0.25, 0.3) is 5.69 Å². The summed E-state index contributed by atoms with van der Waals surface area (Å²) in [6.45, 7) is 0.189. The zero-order valence-electron chi connectivity index (χ0n) is 16.1. The molecule has 1 N–H and O–H groups in total. The molecule has 0 saturated carbocycles. The van der Waals surface area contributed by atoms with Crippen LogP contribution in [0.1, 0.15) is 40.7 Å². The quantitative estimate of drug-likeness (QED) is 0.585. The van der Waals surface area contributed by atoms with Crippen LogP contribution in [0.3, 0.4) is 0 Å². The molecule has 30 heavy (non-hydrogen) atoms. The van der Waals surface area contributed by atoms with E-state index in [-0.39, 0.29) is 29.9 Å². The highest BCUT2D eigenvalue weighted by Gasteiger charge is 2.41. The summed E-state index contributed by atoms with van der Waals surface area (Å²) in [6.07, 6.45) is 3.49. The fourth-order valence-corrected chi connectivity index (χ4v) is 4.20. The molecule has 2 bridgehead atoms. The molecule has 2 aliphatic heterocycles. The molecule has 8 heteroatoms. The Labute approximate surface area is 172 Å². The number of amides is 1. The van der Waals surface area contributed by atoms with Crippen molar-refractivity contribution in [3.05, 3.63) is 81.4 Å². The lowest BCUT2D eigenvalue weighted by Crippen LogP contribution is -2.43. The summed E-state index contributed by atoms with van der Waals surface area (Å²) >= 11 is 0. The molecule has 0 aliphatic carbocycles. The first-order valence-electron chi connectivity index (χ1n) is 9.66. The van der Waals surface area contributed by atoms with Crippen molar-refractivity contribution < 1.29 is 24.4 Å². The van der Waals surface area contributed by atoms with Crippen molar-refractivity contribution in [3.63, 3.8) is 0 Å². The number of carbonyl (C=O) groups is 2. The van der Waals surface area contributed by atoms with Gasteiger partial charge in [-0.05, 0) is 42.5 Å². The Morgan fingerprint density at radius 3 is 2.60 bits per heavy atom. The molecule has 0 radical (unpaired) electrons. The predicted molar refractivity (Wildman–Crippen MR) is 108 cm³/mol. The third-order valence-electron chi connectivity index (χ3n) is 5.60. The van der Waals surface area contributed by atoms with Crippen molar-refractivity contribution in [3.8, 4) is 0 Å². The molecule has 2 unspecified atom stereocenters. The molecule has 0 spiro atoms. The molecule has 1 amide bonds. The summed E-state index contributed by atoms with van der Waals surface area (Å²) < 4.78 is 5.48. The van der Waals surface area contributed by atoms with Crippen LogP contribution in [0.2, 0.25) is 0 Å². The Bertz CT molecular complexity index is 1030. The third kappa shape index (κ3) is 3.76. The molecule has 154 valence electrons. The number of nitrogens with zero attached hydrogens (tertiary/aromatic N) is 2. The van der Waals surface area contributed by atoms with Gasteiger partial charge in [0.15, 0.2) is 0 Å². The third-order valence-corrected chi connectivity index (χ3v) is 5.60. The lowest BCUT2D eigenvalue weighted by molar-refractivity contribution is -0.385.